The van der Waals surface area contributed by atoms with Gasteiger partial charge in [0.15, 0.2) is 0 Å². The smallest absolute Gasteiger partial charge is 0.320 e. The van der Waals surface area contributed by atoms with Crippen molar-refractivity contribution in [1.82, 2.24) is 19.4 Å². The van der Waals surface area contributed by atoms with E-state index in [1.807, 2.05) is 11.0 Å². The number of nitrogens with zero attached hydrogens (tertiary/aromatic N) is 4. The van der Waals surface area contributed by atoms with Gasteiger partial charge >= 0.3 is 12.4 Å². The minimum Gasteiger partial charge on any atom is -0.320 e. The van der Waals surface area contributed by atoms with Gasteiger partial charge in [0.25, 0.3) is 0 Å². The minimum atomic E-state index is -4.57. The van der Waals surface area contributed by atoms with E-state index in [4.69, 9.17) is 0 Å². The van der Waals surface area contributed by atoms with Crippen LogP contribution in [0.1, 0.15) is 28.3 Å². The fourth-order valence-corrected chi connectivity index (χ4v) is 3.48. The van der Waals surface area contributed by atoms with Crippen LogP contribution in [0.5, 0.6) is 0 Å². The Bertz CT molecular complexity index is 1040. The lowest BCUT2D eigenvalue weighted by molar-refractivity contribution is -0.145. The molecule has 0 N–H and O–H groups in total. The van der Waals surface area contributed by atoms with E-state index in [0.29, 0.717) is 43.0 Å². The fourth-order valence-electron chi connectivity index (χ4n) is 3.48. The van der Waals surface area contributed by atoms with Gasteiger partial charge < -0.3 is 4.57 Å². The van der Waals surface area contributed by atoms with Crippen LogP contribution in [0.25, 0.3) is 5.69 Å². The first-order valence-electron chi connectivity index (χ1n) is 9.09. The van der Waals surface area contributed by atoms with Crippen LogP contribution in [-0.4, -0.2) is 26.0 Å². The Kier molecular flexibility index (Phi) is 5.05. The number of rotatable bonds is 3. The molecule has 30 heavy (non-hydrogen) atoms. The molecule has 2 aromatic heterocycles. The molecule has 10 heteroatoms. The molecule has 158 valence electrons. The summed E-state index contributed by atoms with van der Waals surface area (Å²) in [5.74, 6) is -1.13. The highest BCUT2D eigenvalue weighted by Gasteiger charge is 2.35. The third-order valence-electron chi connectivity index (χ3n) is 4.96. The highest BCUT2D eigenvalue weighted by Crippen LogP contribution is 2.30. The molecule has 1 aromatic carbocycles. The van der Waals surface area contributed by atoms with Crippen LogP contribution >= 0.6 is 0 Å². The van der Waals surface area contributed by atoms with Crippen LogP contribution in [0.3, 0.4) is 0 Å². The maximum Gasteiger partial charge on any atom is 0.451 e. The quantitative estimate of drug-likeness (QED) is 0.561. The summed E-state index contributed by atoms with van der Waals surface area (Å²) in [7, 11) is 0. The number of hydrogen-bond donors (Lipinski definition) is 0. The van der Waals surface area contributed by atoms with Gasteiger partial charge in [-0.25, -0.2) is 9.97 Å². The molecule has 0 fully saturated rings. The predicted molar refractivity (Wildman–Crippen MR) is 95.6 cm³/mol. The maximum atomic E-state index is 12.8. The molecule has 0 amide bonds. The van der Waals surface area contributed by atoms with E-state index in [1.54, 1.807) is 16.8 Å². The first kappa shape index (κ1) is 20.4. The molecule has 0 atom stereocenters. The van der Waals surface area contributed by atoms with E-state index in [1.165, 1.54) is 18.3 Å². The molecular weight excluding hydrogens is 410 g/mol. The van der Waals surface area contributed by atoms with Gasteiger partial charge in [0, 0.05) is 55.4 Å². The Morgan fingerprint density at radius 2 is 1.67 bits per heavy atom. The fraction of sp³-hybridized carbons (Fsp3) is 0.300. The summed E-state index contributed by atoms with van der Waals surface area (Å²) in [5.41, 5.74) is 1.77. The number of hydrogen-bond acceptors (Lipinski definition) is 3. The second-order valence-electron chi connectivity index (χ2n) is 7.04. The normalized spacial score (nSPS) is 15.3. The van der Waals surface area contributed by atoms with Crippen LogP contribution in [0.2, 0.25) is 0 Å². The van der Waals surface area contributed by atoms with Gasteiger partial charge in [-0.3, -0.25) is 4.90 Å². The van der Waals surface area contributed by atoms with Crippen molar-refractivity contribution in [3.05, 3.63) is 77.1 Å². The molecule has 0 spiro atoms. The molecule has 4 rings (SSSR count). The third kappa shape index (κ3) is 4.18. The van der Waals surface area contributed by atoms with E-state index < -0.39 is 23.7 Å². The van der Waals surface area contributed by atoms with Crippen LogP contribution in [0.15, 0.2) is 48.8 Å². The van der Waals surface area contributed by atoms with Crippen molar-refractivity contribution in [2.24, 2.45) is 0 Å². The summed E-state index contributed by atoms with van der Waals surface area (Å²) in [5, 5.41) is 0. The molecule has 3 aromatic rings. The van der Waals surface area contributed by atoms with Crippen LogP contribution < -0.4 is 0 Å². The van der Waals surface area contributed by atoms with Crippen molar-refractivity contribution in [3.8, 4) is 5.69 Å². The molecule has 4 nitrogen and oxygen atoms in total. The SMILES string of the molecule is FC(F)(F)c1ccc(-n2cccc2CN2CCc3nc(C(F)(F)F)ncc3C2)cc1. The molecule has 1 aliphatic rings. The zero-order valence-electron chi connectivity index (χ0n) is 15.5. The van der Waals surface area contributed by atoms with E-state index in [9.17, 15) is 26.3 Å². The summed E-state index contributed by atoms with van der Waals surface area (Å²) < 4.78 is 78.5. The minimum absolute atomic E-state index is 0.363. The average Bonchev–Trinajstić information content (AvgIpc) is 3.14. The molecule has 0 aliphatic carbocycles. The number of halogens is 6. The molecular formula is C20H16F6N4. The standard InChI is InChI=1S/C20H16F6N4/c21-19(22,23)14-3-5-15(6-4-14)30-8-1-2-16(30)12-29-9-7-17-13(11-29)10-27-18(28-17)20(24,25)26/h1-6,8,10H,7,9,11-12H2. The van der Waals surface area contributed by atoms with Crippen molar-refractivity contribution < 1.29 is 26.3 Å². The van der Waals surface area contributed by atoms with Gasteiger partial charge in [0.05, 0.1) is 11.3 Å². The summed E-state index contributed by atoms with van der Waals surface area (Å²) in [6, 6.07) is 8.53. The van der Waals surface area contributed by atoms with E-state index in [0.717, 1.165) is 17.8 Å². The molecule has 0 saturated carbocycles. The zero-order valence-corrected chi connectivity index (χ0v) is 15.5. The Hall–Kier alpha value is -2.88. The van der Waals surface area contributed by atoms with Gasteiger partial charge in [-0.1, -0.05) is 0 Å². The highest BCUT2D eigenvalue weighted by atomic mass is 19.4. The molecule has 1 aliphatic heterocycles. The third-order valence-corrected chi connectivity index (χ3v) is 4.96. The number of alkyl halides is 6. The zero-order chi connectivity index (χ0) is 21.5. The molecule has 0 radical (unpaired) electrons. The molecule has 0 bridgehead atoms. The monoisotopic (exact) mass is 426 g/mol. The van der Waals surface area contributed by atoms with E-state index in [2.05, 4.69) is 9.97 Å². The van der Waals surface area contributed by atoms with Gasteiger partial charge in [-0.15, -0.1) is 0 Å². The van der Waals surface area contributed by atoms with E-state index >= 15 is 0 Å². The summed E-state index contributed by atoms with van der Waals surface area (Å²) >= 11 is 0. The Morgan fingerprint density at radius 3 is 2.33 bits per heavy atom. The van der Waals surface area contributed by atoms with Crippen molar-refractivity contribution in [1.29, 1.82) is 0 Å². The van der Waals surface area contributed by atoms with Crippen molar-refractivity contribution in [2.45, 2.75) is 31.9 Å². The van der Waals surface area contributed by atoms with Crippen molar-refractivity contribution in [2.75, 3.05) is 6.54 Å². The summed E-state index contributed by atoms with van der Waals surface area (Å²) in [6.45, 7) is 1.39. The average molecular weight is 426 g/mol. The van der Waals surface area contributed by atoms with Crippen LogP contribution in [0.4, 0.5) is 26.3 Å². The Balaban J connectivity index is 1.50. The number of benzene rings is 1. The lowest BCUT2D eigenvalue weighted by atomic mass is 10.1. The van der Waals surface area contributed by atoms with Crippen molar-refractivity contribution in [3.63, 3.8) is 0 Å². The Labute approximate surface area is 167 Å². The van der Waals surface area contributed by atoms with Gasteiger partial charge in [0.1, 0.15) is 0 Å². The largest absolute Gasteiger partial charge is 0.451 e. The predicted octanol–water partition coefficient (Wildman–Crippen LogP) is 4.86. The second kappa shape index (κ2) is 7.42. The molecule has 0 unspecified atom stereocenters. The number of aromatic nitrogens is 3. The van der Waals surface area contributed by atoms with E-state index in [-0.39, 0.29) is 0 Å². The van der Waals surface area contributed by atoms with Crippen LogP contribution in [-0.2, 0) is 31.9 Å². The Morgan fingerprint density at radius 1 is 0.933 bits per heavy atom. The summed E-state index contributed by atoms with van der Waals surface area (Å²) in [4.78, 5) is 9.11. The topological polar surface area (TPSA) is 34.0 Å². The van der Waals surface area contributed by atoms with Crippen LogP contribution in [0, 0.1) is 0 Å². The molecule has 3 heterocycles. The lowest BCUT2D eigenvalue weighted by Crippen LogP contribution is -2.32. The van der Waals surface area contributed by atoms with Crippen molar-refractivity contribution >= 4 is 0 Å². The van der Waals surface area contributed by atoms with Gasteiger partial charge in [-0.05, 0) is 36.4 Å². The van der Waals surface area contributed by atoms with Gasteiger partial charge in [-0.2, -0.15) is 26.3 Å². The lowest BCUT2D eigenvalue weighted by Gasteiger charge is -2.28. The summed E-state index contributed by atoms with van der Waals surface area (Å²) in [6.07, 6.45) is -5.63. The highest BCUT2D eigenvalue weighted by molar-refractivity contribution is 5.38. The first-order chi connectivity index (χ1) is 14.1. The van der Waals surface area contributed by atoms with Gasteiger partial charge in [0.2, 0.25) is 5.82 Å². The molecule has 0 saturated heterocycles. The second-order valence-corrected chi connectivity index (χ2v) is 7.04. The maximum absolute atomic E-state index is 12.8. The first-order valence-corrected chi connectivity index (χ1v) is 9.09. The number of fused-ring (bicyclic) bond motifs is 1.